The zero-order chi connectivity index (χ0) is 10.4. The van der Waals surface area contributed by atoms with Gasteiger partial charge in [0.25, 0.3) is 0 Å². The lowest BCUT2D eigenvalue weighted by atomic mass is 10.0. The fraction of sp³-hybridized carbons (Fsp3) is 0. The van der Waals surface area contributed by atoms with Crippen LogP contribution in [0.15, 0.2) is 67.3 Å². The fourth-order valence-electron chi connectivity index (χ4n) is 1.12. The Morgan fingerprint density at radius 2 is 1.79 bits per heavy atom. The van der Waals surface area contributed by atoms with E-state index in [0.717, 1.165) is 0 Å². The molecule has 0 radical (unpaired) electrons. The minimum Gasteiger partial charge on any atom is -0.289 e. The highest BCUT2D eigenvalue weighted by molar-refractivity contribution is 6.10. The van der Waals surface area contributed by atoms with Gasteiger partial charge in [-0.2, -0.15) is 0 Å². The first-order valence-corrected chi connectivity index (χ1v) is 4.34. The van der Waals surface area contributed by atoms with Crippen LogP contribution in [0, 0.1) is 0 Å². The molecule has 0 spiro atoms. The lowest BCUT2D eigenvalue weighted by molar-refractivity contribution is 0.103. The highest BCUT2D eigenvalue weighted by atomic mass is 16.1. The number of hydrogen-bond acceptors (Lipinski definition) is 1. The van der Waals surface area contributed by atoms with Gasteiger partial charge in [0.05, 0.1) is 0 Å². The van der Waals surface area contributed by atoms with Gasteiger partial charge in [-0.25, -0.2) is 0 Å². The number of rotatable bonds is 4. The fourth-order valence-corrected chi connectivity index (χ4v) is 1.12. The molecule has 0 aromatic heterocycles. The largest absolute Gasteiger partial charge is 0.289 e. The zero-order valence-electron chi connectivity index (χ0n) is 7.94. The van der Waals surface area contributed by atoms with Crippen LogP contribution in [0.2, 0.25) is 0 Å². The summed E-state index contributed by atoms with van der Waals surface area (Å²) < 4.78 is 0. The second-order valence-corrected chi connectivity index (χ2v) is 2.76. The van der Waals surface area contributed by atoms with E-state index >= 15 is 0 Å². The molecule has 0 heterocycles. The van der Waals surface area contributed by atoms with E-state index in [1.54, 1.807) is 24.3 Å². The van der Waals surface area contributed by atoms with Gasteiger partial charge in [-0.3, -0.25) is 4.79 Å². The van der Waals surface area contributed by atoms with Gasteiger partial charge in [-0.15, -0.1) is 0 Å². The summed E-state index contributed by atoms with van der Waals surface area (Å²) in [6, 6.07) is 9.11. The number of allylic oxidation sites excluding steroid dienone is 4. The van der Waals surface area contributed by atoms with Gasteiger partial charge in [0.1, 0.15) is 0 Å². The summed E-state index contributed by atoms with van der Waals surface area (Å²) in [5.41, 5.74) is 1.23. The lowest BCUT2D eigenvalue weighted by Crippen LogP contribution is -2.00. The third-order valence-corrected chi connectivity index (χ3v) is 1.82. The zero-order valence-corrected chi connectivity index (χ0v) is 7.94. The Bertz CT molecular complexity index is 371. The predicted molar refractivity (Wildman–Crippen MR) is 59.2 cm³/mol. The van der Waals surface area contributed by atoms with Crippen LogP contribution in [-0.2, 0) is 0 Å². The van der Waals surface area contributed by atoms with Crippen LogP contribution in [0.5, 0.6) is 0 Å². The van der Waals surface area contributed by atoms with Gasteiger partial charge in [0, 0.05) is 11.1 Å². The average molecular weight is 184 g/mol. The molecule has 0 unspecified atom stereocenters. The highest BCUT2D eigenvalue weighted by Gasteiger charge is 2.06. The Balaban J connectivity index is 3.01. The van der Waals surface area contributed by atoms with Crippen molar-refractivity contribution < 1.29 is 4.79 Å². The predicted octanol–water partition coefficient (Wildman–Crippen LogP) is 3.17. The van der Waals surface area contributed by atoms with E-state index in [4.69, 9.17) is 0 Å². The van der Waals surface area contributed by atoms with Crippen LogP contribution in [0.1, 0.15) is 10.4 Å². The summed E-state index contributed by atoms with van der Waals surface area (Å²) in [5, 5.41) is 0. The van der Waals surface area contributed by atoms with Gasteiger partial charge in [-0.05, 0) is 0 Å². The Kier molecular flexibility index (Phi) is 3.62. The number of carbonyl (C=O) groups excluding carboxylic acids is 1. The standard InChI is InChI=1S/C13H12O/c1-3-8-11(4-2)13(14)12-9-6-5-7-10-12/h3-10H,1-2H2. The van der Waals surface area contributed by atoms with Gasteiger partial charge < -0.3 is 0 Å². The number of ketones is 1. The van der Waals surface area contributed by atoms with Gasteiger partial charge >= 0.3 is 0 Å². The van der Waals surface area contributed by atoms with Gasteiger partial charge in [-0.1, -0.05) is 61.7 Å². The molecule has 1 rings (SSSR count). The molecule has 0 atom stereocenters. The number of Topliss-reactive ketones (excluding diaryl/α,β-unsaturated/α-hetero) is 1. The molecule has 0 fully saturated rings. The molecular formula is C13H12O. The summed E-state index contributed by atoms with van der Waals surface area (Å²) in [7, 11) is 0. The van der Waals surface area contributed by atoms with Crippen molar-refractivity contribution in [2.24, 2.45) is 0 Å². The molecule has 1 heteroatoms. The summed E-state index contributed by atoms with van der Waals surface area (Å²) in [5.74, 6) is -0.0273. The van der Waals surface area contributed by atoms with Crippen molar-refractivity contribution in [1.29, 1.82) is 0 Å². The first-order chi connectivity index (χ1) is 6.79. The molecule has 0 saturated carbocycles. The lowest BCUT2D eigenvalue weighted by Gasteiger charge is -1.99. The molecule has 0 aliphatic heterocycles. The van der Waals surface area contributed by atoms with Crippen LogP contribution in [0.4, 0.5) is 0 Å². The van der Waals surface area contributed by atoms with E-state index in [-0.39, 0.29) is 5.78 Å². The van der Waals surface area contributed by atoms with Crippen molar-refractivity contribution in [1.82, 2.24) is 0 Å². The third-order valence-electron chi connectivity index (χ3n) is 1.82. The van der Waals surface area contributed by atoms with Crippen molar-refractivity contribution in [3.8, 4) is 0 Å². The molecule has 0 bridgehead atoms. The number of hydrogen-bond donors (Lipinski definition) is 0. The summed E-state index contributed by atoms with van der Waals surface area (Å²) in [6.07, 6.45) is 4.78. The molecule has 0 saturated heterocycles. The van der Waals surface area contributed by atoms with Crippen LogP contribution in [0.3, 0.4) is 0 Å². The van der Waals surface area contributed by atoms with Crippen LogP contribution in [0.25, 0.3) is 0 Å². The van der Waals surface area contributed by atoms with E-state index < -0.39 is 0 Å². The molecular weight excluding hydrogens is 172 g/mol. The summed E-state index contributed by atoms with van der Waals surface area (Å²) in [4.78, 5) is 11.8. The first kappa shape index (κ1) is 10.2. The molecule has 14 heavy (non-hydrogen) atoms. The van der Waals surface area contributed by atoms with Gasteiger partial charge in [0.2, 0.25) is 0 Å². The molecule has 0 aliphatic rings. The summed E-state index contributed by atoms with van der Waals surface area (Å²) in [6.45, 7) is 7.14. The smallest absolute Gasteiger partial charge is 0.192 e. The van der Waals surface area contributed by atoms with E-state index in [2.05, 4.69) is 13.2 Å². The van der Waals surface area contributed by atoms with Crippen molar-refractivity contribution in [3.63, 3.8) is 0 Å². The Hall–Kier alpha value is -1.89. The molecule has 0 amide bonds. The van der Waals surface area contributed by atoms with E-state index in [9.17, 15) is 4.79 Å². The minimum atomic E-state index is -0.0273. The first-order valence-electron chi connectivity index (χ1n) is 4.34. The van der Waals surface area contributed by atoms with Crippen LogP contribution < -0.4 is 0 Å². The van der Waals surface area contributed by atoms with Crippen molar-refractivity contribution in [2.75, 3.05) is 0 Å². The van der Waals surface area contributed by atoms with Gasteiger partial charge in [0.15, 0.2) is 5.78 Å². The summed E-state index contributed by atoms with van der Waals surface area (Å²) >= 11 is 0. The van der Waals surface area contributed by atoms with Crippen LogP contribution in [-0.4, -0.2) is 5.78 Å². The quantitative estimate of drug-likeness (QED) is 0.399. The highest BCUT2D eigenvalue weighted by Crippen LogP contribution is 2.08. The molecule has 1 aromatic rings. The molecule has 0 N–H and O–H groups in total. The normalized spacial score (nSPS) is 10.7. The minimum absolute atomic E-state index is 0.0273. The molecule has 70 valence electrons. The average Bonchev–Trinajstić information content (AvgIpc) is 2.26. The maximum Gasteiger partial charge on any atom is 0.192 e. The Morgan fingerprint density at radius 3 is 2.29 bits per heavy atom. The number of carbonyl (C=O) groups is 1. The van der Waals surface area contributed by atoms with Crippen LogP contribution >= 0.6 is 0 Å². The SMILES string of the molecule is C=CC=C(C=C)C(=O)c1ccccc1. The maximum atomic E-state index is 11.8. The molecule has 1 nitrogen and oxygen atoms in total. The van der Waals surface area contributed by atoms with Crippen molar-refractivity contribution >= 4 is 5.78 Å². The monoisotopic (exact) mass is 184 g/mol. The van der Waals surface area contributed by atoms with Crippen molar-refractivity contribution in [2.45, 2.75) is 0 Å². The number of benzene rings is 1. The van der Waals surface area contributed by atoms with E-state index in [0.29, 0.717) is 11.1 Å². The van der Waals surface area contributed by atoms with Crippen molar-refractivity contribution in [3.05, 3.63) is 72.9 Å². The molecule has 1 aromatic carbocycles. The van der Waals surface area contributed by atoms with E-state index in [1.165, 1.54) is 6.08 Å². The maximum absolute atomic E-state index is 11.8. The topological polar surface area (TPSA) is 17.1 Å². The second-order valence-electron chi connectivity index (χ2n) is 2.76. The third kappa shape index (κ3) is 2.30. The Morgan fingerprint density at radius 1 is 1.14 bits per heavy atom. The van der Waals surface area contributed by atoms with E-state index in [1.807, 2.05) is 18.2 Å². The molecule has 0 aliphatic carbocycles. The second kappa shape index (κ2) is 4.97. The Labute approximate surface area is 84.1 Å².